The van der Waals surface area contributed by atoms with E-state index in [4.69, 9.17) is 9.47 Å². The molecular formula is C21H15N3O5. The lowest BCUT2D eigenvalue weighted by atomic mass is 10.0. The predicted molar refractivity (Wildman–Crippen MR) is 105 cm³/mol. The average Bonchev–Trinajstić information content (AvgIpc) is 3.21. The Balaban J connectivity index is 1.65. The third-order valence-corrected chi connectivity index (χ3v) is 4.96. The highest BCUT2D eigenvalue weighted by molar-refractivity contribution is 6.12. The van der Waals surface area contributed by atoms with Gasteiger partial charge >= 0.3 is 0 Å². The standard InChI is InChI=1S/C21H15N3O5/c25-21-16-6-1-2-7-17(16)22-20(13-4-3-5-15(10-13)24(26)27)23(21)14-8-9-18-19(11-14)29-12-28-18/h1-11,20,22H,12H2. The molecule has 3 aromatic carbocycles. The number of nitrogens with zero attached hydrogens (tertiary/aromatic N) is 2. The van der Waals surface area contributed by atoms with Crippen molar-refractivity contribution in [3.63, 3.8) is 0 Å². The summed E-state index contributed by atoms with van der Waals surface area (Å²) in [4.78, 5) is 25.8. The molecule has 0 radical (unpaired) electrons. The van der Waals surface area contributed by atoms with Crippen molar-refractivity contribution in [1.82, 2.24) is 0 Å². The van der Waals surface area contributed by atoms with Gasteiger partial charge in [-0.2, -0.15) is 0 Å². The zero-order valence-electron chi connectivity index (χ0n) is 15.1. The van der Waals surface area contributed by atoms with Gasteiger partial charge in [0.25, 0.3) is 11.6 Å². The maximum atomic E-state index is 13.4. The number of carbonyl (C=O) groups excluding carboxylic acids is 1. The molecule has 2 aliphatic rings. The fourth-order valence-corrected chi connectivity index (χ4v) is 3.60. The molecule has 0 saturated carbocycles. The normalized spacial score (nSPS) is 16.9. The third kappa shape index (κ3) is 2.82. The lowest BCUT2D eigenvalue weighted by Gasteiger charge is -2.38. The quantitative estimate of drug-likeness (QED) is 0.536. The second-order valence-corrected chi connectivity index (χ2v) is 6.66. The zero-order chi connectivity index (χ0) is 20.0. The summed E-state index contributed by atoms with van der Waals surface area (Å²) in [5.74, 6) is 0.945. The van der Waals surface area contributed by atoms with Gasteiger partial charge in [0.15, 0.2) is 11.5 Å². The van der Waals surface area contributed by atoms with E-state index in [1.807, 2.05) is 12.1 Å². The zero-order valence-corrected chi connectivity index (χ0v) is 15.1. The minimum absolute atomic E-state index is 0.0405. The highest BCUT2D eigenvalue weighted by atomic mass is 16.7. The van der Waals surface area contributed by atoms with Gasteiger partial charge in [0.2, 0.25) is 6.79 Å². The van der Waals surface area contributed by atoms with E-state index in [1.165, 1.54) is 12.1 Å². The van der Waals surface area contributed by atoms with Gasteiger partial charge in [-0.05, 0) is 24.3 Å². The molecular weight excluding hydrogens is 374 g/mol. The molecule has 2 aliphatic heterocycles. The molecule has 1 unspecified atom stereocenters. The molecule has 0 spiro atoms. The number of fused-ring (bicyclic) bond motifs is 2. The Morgan fingerprint density at radius 3 is 2.69 bits per heavy atom. The highest BCUT2D eigenvalue weighted by Gasteiger charge is 2.35. The van der Waals surface area contributed by atoms with Crippen LogP contribution < -0.4 is 19.7 Å². The van der Waals surface area contributed by atoms with Crippen molar-refractivity contribution in [1.29, 1.82) is 0 Å². The summed E-state index contributed by atoms with van der Waals surface area (Å²) in [6.07, 6.45) is -0.627. The molecule has 0 bridgehead atoms. The molecule has 8 nitrogen and oxygen atoms in total. The summed E-state index contributed by atoms with van der Waals surface area (Å²) in [7, 11) is 0. The highest BCUT2D eigenvalue weighted by Crippen LogP contribution is 2.41. The van der Waals surface area contributed by atoms with Crippen LogP contribution in [0.2, 0.25) is 0 Å². The monoisotopic (exact) mass is 389 g/mol. The second kappa shape index (κ2) is 6.52. The number of hydrogen-bond acceptors (Lipinski definition) is 6. The molecule has 0 aliphatic carbocycles. The van der Waals surface area contributed by atoms with E-state index in [2.05, 4.69) is 5.32 Å². The van der Waals surface area contributed by atoms with Crippen LogP contribution in [-0.4, -0.2) is 17.6 Å². The number of carbonyl (C=O) groups is 1. The molecule has 0 fully saturated rings. The maximum absolute atomic E-state index is 13.4. The van der Waals surface area contributed by atoms with Crippen molar-refractivity contribution in [3.05, 3.63) is 88.0 Å². The van der Waals surface area contributed by atoms with Gasteiger partial charge in [-0.1, -0.05) is 24.3 Å². The fourth-order valence-electron chi connectivity index (χ4n) is 3.60. The molecule has 3 aromatic rings. The SMILES string of the molecule is O=C1c2ccccc2NC(c2cccc([N+](=O)[O-])c2)N1c1ccc2c(c1)OCO2. The number of non-ortho nitro benzene ring substituents is 1. The van der Waals surface area contributed by atoms with Gasteiger partial charge in [-0.15, -0.1) is 0 Å². The van der Waals surface area contributed by atoms with Crippen LogP contribution in [0.4, 0.5) is 17.1 Å². The Labute approximate surface area is 165 Å². The summed E-state index contributed by atoms with van der Waals surface area (Å²) in [5, 5.41) is 14.6. The fraction of sp³-hybridized carbons (Fsp3) is 0.0952. The Morgan fingerprint density at radius 2 is 1.83 bits per heavy atom. The minimum atomic E-state index is -0.627. The average molecular weight is 389 g/mol. The Hall–Kier alpha value is -4.07. The molecule has 144 valence electrons. The van der Waals surface area contributed by atoms with Crippen LogP contribution in [0.25, 0.3) is 0 Å². The number of nitro groups is 1. The summed E-state index contributed by atoms with van der Waals surface area (Å²) < 4.78 is 10.8. The topological polar surface area (TPSA) is 93.9 Å². The number of rotatable bonds is 3. The minimum Gasteiger partial charge on any atom is -0.454 e. The van der Waals surface area contributed by atoms with Crippen LogP contribution in [0, 0.1) is 10.1 Å². The van der Waals surface area contributed by atoms with E-state index in [1.54, 1.807) is 47.4 Å². The maximum Gasteiger partial charge on any atom is 0.269 e. The molecule has 8 heteroatoms. The van der Waals surface area contributed by atoms with Crippen LogP contribution in [0.3, 0.4) is 0 Å². The first kappa shape index (κ1) is 17.1. The summed E-state index contributed by atoms with van der Waals surface area (Å²) in [6, 6.07) is 18.7. The van der Waals surface area contributed by atoms with E-state index in [-0.39, 0.29) is 18.4 Å². The van der Waals surface area contributed by atoms with Crippen molar-refractivity contribution in [2.75, 3.05) is 17.0 Å². The van der Waals surface area contributed by atoms with Gasteiger partial charge in [0.1, 0.15) is 6.17 Å². The number of hydrogen-bond donors (Lipinski definition) is 1. The predicted octanol–water partition coefficient (Wildman–Crippen LogP) is 4.09. The van der Waals surface area contributed by atoms with E-state index in [0.29, 0.717) is 34.0 Å². The van der Waals surface area contributed by atoms with Crippen LogP contribution >= 0.6 is 0 Å². The molecule has 0 saturated heterocycles. The van der Waals surface area contributed by atoms with Crippen LogP contribution in [0.5, 0.6) is 11.5 Å². The number of nitrogens with one attached hydrogen (secondary N) is 1. The van der Waals surface area contributed by atoms with E-state index < -0.39 is 11.1 Å². The van der Waals surface area contributed by atoms with Gasteiger partial charge < -0.3 is 14.8 Å². The Kier molecular flexibility index (Phi) is 3.83. The molecule has 1 N–H and O–H groups in total. The number of ether oxygens (including phenoxy) is 2. The first-order chi connectivity index (χ1) is 14.1. The number of amides is 1. The Bertz CT molecular complexity index is 1150. The van der Waals surface area contributed by atoms with Gasteiger partial charge in [-0.25, -0.2) is 0 Å². The lowest BCUT2D eigenvalue weighted by molar-refractivity contribution is -0.384. The van der Waals surface area contributed by atoms with E-state index >= 15 is 0 Å². The largest absolute Gasteiger partial charge is 0.454 e. The first-order valence-electron chi connectivity index (χ1n) is 8.95. The third-order valence-electron chi connectivity index (χ3n) is 4.96. The molecule has 2 heterocycles. The van der Waals surface area contributed by atoms with E-state index in [9.17, 15) is 14.9 Å². The molecule has 1 amide bonds. The number of para-hydroxylation sites is 1. The van der Waals surface area contributed by atoms with Crippen molar-refractivity contribution >= 4 is 23.0 Å². The number of benzene rings is 3. The number of anilines is 2. The van der Waals surface area contributed by atoms with Gasteiger partial charge in [0, 0.05) is 29.4 Å². The van der Waals surface area contributed by atoms with Crippen LogP contribution in [0.1, 0.15) is 22.1 Å². The van der Waals surface area contributed by atoms with Crippen molar-refractivity contribution < 1.29 is 19.2 Å². The summed E-state index contributed by atoms with van der Waals surface area (Å²) >= 11 is 0. The van der Waals surface area contributed by atoms with Crippen molar-refractivity contribution in [3.8, 4) is 11.5 Å². The molecule has 0 aromatic heterocycles. The van der Waals surface area contributed by atoms with Crippen LogP contribution in [-0.2, 0) is 0 Å². The molecule has 5 rings (SSSR count). The molecule has 1 atom stereocenters. The second-order valence-electron chi connectivity index (χ2n) is 6.66. The van der Waals surface area contributed by atoms with Gasteiger partial charge in [-0.3, -0.25) is 19.8 Å². The number of nitro benzene ring substituents is 1. The van der Waals surface area contributed by atoms with Crippen molar-refractivity contribution in [2.45, 2.75) is 6.17 Å². The van der Waals surface area contributed by atoms with Gasteiger partial charge in [0.05, 0.1) is 16.2 Å². The first-order valence-corrected chi connectivity index (χ1v) is 8.95. The molecule has 29 heavy (non-hydrogen) atoms. The summed E-state index contributed by atoms with van der Waals surface area (Å²) in [5.41, 5.74) is 2.34. The summed E-state index contributed by atoms with van der Waals surface area (Å²) in [6.45, 7) is 0.127. The van der Waals surface area contributed by atoms with Crippen LogP contribution in [0.15, 0.2) is 66.7 Å². The van der Waals surface area contributed by atoms with Crippen molar-refractivity contribution in [2.24, 2.45) is 0 Å². The van der Waals surface area contributed by atoms with E-state index in [0.717, 1.165) is 0 Å². The lowest BCUT2D eigenvalue weighted by Crippen LogP contribution is -2.43. The smallest absolute Gasteiger partial charge is 0.269 e. The Morgan fingerprint density at radius 1 is 1.00 bits per heavy atom.